The lowest BCUT2D eigenvalue weighted by atomic mass is 9.92. The molecule has 1 N–H and O–H groups in total. The van der Waals surface area contributed by atoms with Gasteiger partial charge in [-0.3, -0.25) is 0 Å². The topological polar surface area (TPSA) is 12.0 Å². The molecule has 2 heteroatoms. The van der Waals surface area contributed by atoms with Crippen molar-refractivity contribution in [1.82, 2.24) is 5.32 Å². The smallest absolute Gasteiger partial charge is 0.00667 e. The largest absolute Gasteiger partial charge is 0.317 e. The van der Waals surface area contributed by atoms with Crippen LogP contribution in [0, 0.1) is 5.92 Å². The van der Waals surface area contributed by atoms with Gasteiger partial charge < -0.3 is 5.32 Å². The van der Waals surface area contributed by atoms with Gasteiger partial charge in [-0.15, -0.1) is 6.58 Å². The number of allylic oxidation sites excluding steroid dienone is 1. The first kappa shape index (κ1) is 15.1. The van der Waals surface area contributed by atoms with E-state index in [1.807, 2.05) is 6.08 Å². The summed E-state index contributed by atoms with van der Waals surface area (Å²) in [6, 6.07) is 0.756. The van der Waals surface area contributed by atoms with Crippen LogP contribution in [-0.4, -0.2) is 24.6 Å². The Hall–Kier alpha value is 0.0500. The van der Waals surface area contributed by atoms with E-state index in [0.717, 1.165) is 12.0 Å². The molecule has 0 spiro atoms. The van der Waals surface area contributed by atoms with Gasteiger partial charge in [0.1, 0.15) is 0 Å². The molecule has 1 fully saturated rings. The second-order valence-electron chi connectivity index (χ2n) is 5.20. The van der Waals surface area contributed by atoms with Crippen molar-refractivity contribution in [3.05, 3.63) is 12.7 Å². The molecule has 17 heavy (non-hydrogen) atoms. The van der Waals surface area contributed by atoms with E-state index in [2.05, 4.69) is 30.7 Å². The van der Waals surface area contributed by atoms with Gasteiger partial charge in [0.15, 0.2) is 0 Å². The molecule has 0 aromatic rings. The van der Waals surface area contributed by atoms with Crippen LogP contribution in [0.25, 0.3) is 0 Å². The van der Waals surface area contributed by atoms with Gasteiger partial charge in [0.05, 0.1) is 0 Å². The molecule has 1 aliphatic rings. The van der Waals surface area contributed by atoms with Gasteiger partial charge in [0, 0.05) is 6.04 Å². The number of nitrogens with one attached hydrogen (secondary N) is 1. The van der Waals surface area contributed by atoms with Crippen LogP contribution in [-0.2, 0) is 0 Å². The highest BCUT2D eigenvalue weighted by Gasteiger charge is 2.17. The van der Waals surface area contributed by atoms with Crippen molar-refractivity contribution >= 4 is 11.8 Å². The number of thioether (sulfide) groups is 1. The maximum absolute atomic E-state index is 3.77. The molecular weight excluding hydrogens is 226 g/mol. The highest BCUT2D eigenvalue weighted by atomic mass is 32.2. The van der Waals surface area contributed by atoms with Crippen LogP contribution in [0.15, 0.2) is 12.7 Å². The average Bonchev–Trinajstić information content (AvgIpc) is 2.38. The van der Waals surface area contributed by atoms with Crippen molar-refractivity contribution in [3.8, 4) is 0 Å². The van der Waals surface area contributed by atoms with E-state index in [0.29, 0.717) is 0 Å². The van der Waals surface area contributed by atoms with Gasteiger partial charge >= 0.3 is 0 Å². The predicted molar refractivity (Wildman–Crippen MR) is 80.8 cm³/mol. The van der Waals surface area contributed by atoms with Crippen LogP contribution in [0.4, 0.5) is 0 Å². The minimum Gasteiger partial charge on any atom is -0.317 e. The normalized spacial score (nSPS) is 19.1. The molecule has 0 radical (unpaired) electrons. The Morgan fingerprint density at radius 1 is 1.29 bits per heavy atom. The van der Waals surface area contributed by atoms with Crippen LogP contribution < -0.4 is 5.32 Å². The quantitative estimate of drug-likeness (QED) is 0.488. The molecule has 1 unspecified atom stereocenters. The average molecular weight is 255 g/mol. The Morgan fingerprint density at radius 3 is 2.71 bits per heavy atom. The monoisotopic (exact) mass is 255 g/mol. The Labute approximate surface area is 112 Å². The van der Waals surface area contributed by atoms with E-state index < -0.39 is 0 Å². The zero-order chi connectivity index (χ0) is 12.3. The second kappa shape index (κ2) is 10.0. The minimum absolute atomic E-state index is 0.756. The van der Waals surface area contributed by atoms with E-state index in [1.165, 1.54) is 62.9 Å². The Balaban J connectivity index is 2.07. The third-order valence-corrected chi connectivity index (χ3v) is 4.88. The van der Waals surface area contributed by atoms with Crippen LogP contribution in [0.2, 0.25) is 0 Å². The fourth-order valence-electron chi connectivity index (χ4n) is 2.62. The van der Waals surface area contributed by atoms with Gasteiger partial charge in [-0.25, -0.2) is 0 Å². The summed E-state index contributed by atoms with van der Waals surface area (Å²) in [5.41, 5.74) is 0. The highest BCUT2D eigenvalue weighted by Crippen LogP contribution is 2.27. The van der Waals surface area contributed by atoms with E-state index in [9.17, 15) is 0 Å². The van der Waals surface area contributed by atoms with Gasteiger partial charge in [-0.1, -0.05) is 18.9 Å². The number of hydrogen-bond donors (Lipinski definition) is 1. The summed E-state index contributed by atoms with van der Waals surface area (Å²) in [6.07, 6.45) is 12.9. The molecule has 0 aromatic carbocycles. The van der Waals surface area contributed by atoms with E-state index in [4.69, 9.17) is 0 Å². The zero-order valence-corrected chi connectivity index (χ0v) is 12.2. The first-order chi connectivity index (χ1) is 8.36. The standard InChI is InChI=1S/C15H29NS/c1-3-4-5-6-7-8-15(16-2)13-14-9-11-17-12-10-14/h3,14-16H,1,4-13H2,2H3. The summed E-state index contributed by atoms with van der Waals surface area (Å²) in [4.78, 5) is 0. The first-order valence-electron chi connectivity index (χ1n) is 7.22. The molecule has 1 aliphatic heterocycles. The van der Waals surface area contributed by atoms with Crippen molar-refractivity contribution in [2.24, 2.45) is 5.92 Å². The summed E-state index contributed by atoms with van der Waals surface area (Å²) in [7, 11) is 2.13. The van der Waals surface area contributed by atoms with Crippen molar-refractivity contribution in [2.75, 3.05) is 18.6 Å². The summed E-state index contributed by atoms with van der Waals surface area (Å²) in [5, 5.41) is 3.51. The maximum Gasteiger partial charge on any atom is 0.00667 e. The van der Waals surface area contributed by atoms with E-state index in [-0.39, 0.29) is 0 Å². The molecule has 0 bridgehead atoms. The summed E-state index contributed by atoms with van der Waals surface area (Å²) >= 11 is 2.13. The molecule has 1 rings (SSSR count). The molecule has 1 heterocycles. The minimum atomic E-state index is 0.756. The zero-order valence-electron chi connectivity index (χ0n) is 11.4. The van der Waals surface area contributed by atoms with Crippen LogP contribution in [0.1, 0.15) is 51.4 Å². The lowest BCUT2D eigenvalue weighted by molar-refractivity contribution is 0.357. The van der Waals surface area contributed by atoms with E-state index >= 15 is 0 Å². The van der Waals surface area contributed by atoms with Gasteiger partial charge in [-0.2, -0.15) is 11.8 Å². The van der Waals surface area contributed by atoms with Crippen LogP contribution in [0.3, 0.4) is 0 Å². The second-order valence-corrected chi connectivity index (χ2v) is 6.43. The molecule has 0 amide bonds. The van der Waals surface area contributed by atoms with Crippen molar-refractivity contribution in [3.63, 3.8) is 0 Å². The molecule has 0 aromatic heterocycles. The van der Waals surface area contributed by atoms with Gasteiger partial charge in [0.2, 0.25) is 0 Å². The summed E-state index contributed by atoms with van der Waals surface area (Å²) < 4.78 is 0. The number of rotatable bonds is 9. The lowest BCUT2D eigenvalue weighted by Crippen LogP contribution is -2.29. The van der Waals surface area contributed by atoms with E-state index in [1.54, 1.807) is 0 Å². The SMILES string of the molecule is C=CCCCCCC(CC1CCSCC1)NC. The predicted octanol–water partition coefficient (Wildman–Crippen LogP) is 4.24. The molecule has 100 valence electrons. The van der Waals surface area contributed by atoms with Crippen LogP contribution in [0.5, 0.6) is 0 Å². The van der Waals surface area contributed by atoms with Crippen molar-refractivity contribution in [2.45, 2.75) is 57.4 Å². The van der Waals surface area contributed by atoms with Crippen molar-refractivity contribution < 1.29 is 0 Å². The molecule has 0 saturated carbocycles. The molecule has 1 nitrogen and oxygen atoms in total. The Kier molecular flexibility index (Phi) is 8.90. The molecule has 0 aliphatic carbocycles. The van der Waals surface area contributed by atoms with Crippen LogP contribution >= 0.6 is 11.8 Å². The Bertz CT molecular complexity index is 187. The Morgan fingerprint density at radius 2 is 2.06 bits per heavy atom. The third kappa shape index (κ3) is 7.15. The highest BCUT2D eigenvalue weighted by molar-refractivity contribution is 7.99. The number of hydrogen-bond acceptors (Lipinski definition) is 2. The summed E-state index contributed by atoms with van der Waals surface area (Å²) in [6.45, 7) is 3.77. The lowest BCUT2D eigenvalue weighted by Gasteiger charge is -2.26. The maximum atomic E-state index is 3.77. The van der Waals surface area contributed by atoms with Gasteiger partial charge in [-0.05, 0) is 63.0 Å². The molecular formula is C15H29NS. The summed E-state index contributed by atoms with van der Waals surface area (Å²) in [5.74, 6) is 3.77. The number of unbranched alkanes of at least 4 members (excludes halogenated alkanes) is 3. The first-order valence-corrected chi connectivity index (χ1v) is 8.38. The molecule has 1 atom stereocenters. The third-order valence-electron chi connectivity index (χ3n) is 3.83. The van der Waals surface area contributed by atoms with Gasteiger partial charge in [0.25, 0.3) is 0 Å². The fraction of sp³-hybridized carbons (Fsp3) is 0.867. The molecule has 1 saturated heterocycles. The van der Waals surface area contributed by atoms with Crippen molar-refractivity contribution in [1.29, 1.82) is 0 Å². The fourth-order valence-corrected chi connectivity index (χ4v) is 3.82.